The van der Waals surface area contributed by atoms with Crippen LogP contribution in [0.1, 0.15) is 44.6 Å². The summed E-state index contributed by atoms with van der Waals surface area (Å²) in [6.07, 6.45) is 4.60. The number of hydrogen-bond donors (Lipinski definition) is 2. The second-order valence-corrected chi connectivity index (χ2v) is 7.79. The first-order valence-corrected chi connectivity index (χ1v) is 8.77. The summed E-state index contributed by atoms with van der Waals surface area (Å²) in [5.74, 6) is -0.723. The van der Waals surface area contributed by atoms with Crippen LogP contribution in [-0.4, -0.2) is 18.9 Å². The van der Waals surface area contributed by atoms with E-state index in [4.69, 9.17) is 18.0 Å². The quantitative estimate of drug-likeness (QED) is 0.832. The van der Waals surface area contributed by atoms with Gasteiger partial charge in [0.15, 0.2) is 0 Å². The van der Waals surface area contributed by atoms with Crippen LogP contribution in [0.25, 0.3) is 0 Å². The van der Waals surface area contributed by atoms with Crippen molar-refractivity contribution in [1.29, 1.82) is 0 Å². The molecule has 4 nitrogen and oxygen atoms in total. The summed E-state index contributed by atoms with van der Waals surface area (Å²) in [7, 11) is -3.87. The number of benzene rings is 1. The Morgan fingerprint density at radius 1 is 1.33 bits per heavy atom. The molecule has 2 rings (SSSR count). The average molecular weight is 330 g/mol. The van der Waals surface area contributed by atoms with Gasteiger partial charge in [-0.05, 0) is 31.9 Å². The SMILES string of the molecule is CC1(NS(=O)(=O)c2cccc(F)c2C(N)=S)CCCCC1. The number of rotatable bonds is 4. The molecule has 3 N–H and O–H groups in total. The van der Waals surface area contributed by atoms with Crippen LogP contribution in [-0.2, 0) is 10.0 Å². The van der Waals surface area contributed by atoms with E-state index < -0.39 is 21.4 Å². The molecular weight excluding hydrogens is 311 g/mol. The summed E-state index contributed by atoms with van der Waals surface area (Å²) < 4.78 is 41.7. The molecule has 1 fully saturated rings. The van der Waals surface area contributed by atoms with Crippen molar-refractivity contribution in [3.8, 4) is 0 Å². The molecule has 1 aliphatic rings. The molecule has 21 heavy (non-hydrogen) atoms. The fourth-order valence-corrected chi connectivity index (χ4v) is 4.75. The first-order chi connectivity index (χ1) is 9.75. The number of halogens is 1. The van der Waals surface area contributed by atoms with Crippen LogP contribution in [0.2, 0.25) is 0 Å². The number of nitrogens with one attached hydrogen (secondary N) is 1. The first-order valence-electron chi connectivity index (χ1n) is 6.87. The van der Waals surface area contributed by atoms with Crippen molar-refractivity contribution < 1.29 is 12.8 Å². The van der Waals surface area contributed by atoms with Crippen LogP contribution in [0.4, 0.5) is 4.39 Å². The Kier molecular flexibility index (Phi) is 4.65. The predicted octanol–water partition coefficient (Wildman–Crippen LogP) is 2.46. The first kappa shape index (κ1) is 16.3. The third kappa shape index (κ3) is 3.59. The van der Waals surface area contributed by atoms with Gasteiger partial charge in [-0.2, -0.15) is 0 Å². The minimum absolute atomic E-state index is 0.193. The molecule has 1 aromatic carbocycles. The van der Waals surface area contributed by atoms with Crippen LogP contribution >= 0.6 is 12.2 Å². The highest BCUT2D eigenvalue weighted by molar-refractivity contribution is 7.89. The normalized spacial score (nSPS) is 18.4. The zero-order valence-corrected chi connectivity index (χ0v) is 13.5. The Labute approximate surface area is 130 Å². The Hall–Kier alpha value is -1.05. The third-order valence-corrected chi connectivity index (χ3v) is 5.73. The molecule has 0 spiro atoms. The predicted molar refractivity (Wildman–Crippen MR) is 84.1 cm³/mol. The minimum atomic E-state index is -3.87. The maximum absolute atomic E-state index is 13.8. The minimum Gasteiger partial charge on any atom is -0.389 e. The van der Waals surface area contributed by atoms with Crippen molar-refractivity contribution in [3.05, 3.63) is 29.6 Å². The Morgan fingerprint density at radius 3 is 2.52 bits per heavy atom. The van der Waals surface area contributed by atoms with Gasteiger partial charge >= 0.3 is 0 Å². The van der Waals surface area contributed by atoms with Crippen LogP contribution in [0.3, 0.4) is 0 Å². The zero-order chi connectivity index (χ0) is 15.7. The van der Waals surface area contributed by atoms with E-state index in [1.54, 1.807) is 0 Å². The summed E-state index contributed by atoms with van der Waals surface area (Å²) in [6, 6.07) is 3.82. The molecule has 0 atom stereocenters. The van der Waals surface area contributed by atoms with Gasteiger partial charge in [0.2, 0.25) is 10.0 Å². The van der Waals surface area contributed by atoms with Crippen LogP contribution in [0, 0.1) is 5.82 Å². The standard InChI is InChI=1S/C14H19FN2O2S2/c1-14(8-3-2-4-9-14)17-21(18,19)11-7-5-6-10(15)12(11)13(16)20/h5-7,17H,2-4,8-9H2,1H3,(H2,16,20). The highest BCUT2D eigenvalue weighted by Crippen LogP contribution is 2.30. The number of sulfonamides is 1. The Balaban J connectivity index is 2.40. The van der Waals surface area contributed by atoms with Gasteiger partial charge in [-0.25, -0.2) is 17.5 Å². The van der Waals surface area contributed by atoms with Gasteiger partial charge in [0.05, 0.1) is 10.5 Å². The van der Waals surface area contributed by atoms with E-state index in [1.165, 1.54) is 12.1 Å². The summed E-state index contributed by atoms with van der Waals surface area (Å²) >= 11 is 4.78. The summed E-state index contributed by atoms with van der Waals surface area (Å²) in [5.41, 5.74) is 4.75. The maximum Gasteiger partial charge on any atom is 0.241 e. The van der Waals surface area contributed by atoms with Gasteiger partial charge in [-0.3, -0.25) is 0 Å². The molecular formula is C14H19FN2O2S2. The second-order valence-electron chi connectivity index (χ2n) is 5.70. The smallest absolute Gasteiger partial charge is 0.241 e. The lowest BCUT2D eigenvalue weighted by atomic mass is 9.84. The van der Waals surface area contributed by atoms with Crippen LogP contribution in [0.5, 0.6) is 0 Å². The van der Waals surface area contributed by atoms with Gasteiger partial charge in [-0.1, -0.05) is 37.5 Å². The zero-order valence-electron chi connectivity index (χ0n) is 11.9. The molecule has 0 unspecified atom stereocenters. The Morgan fingerprint density at radius 2 is 1.95 bits per heavy atom. The molecule has 1 saturated carbocycles. The summed E-state index contributed by atoms with van der Waals surface area (Å²) in [6.45, 7) is 1.88. The molecule has 0 heterocycles. The lowest BCUT2D eigenvalue weighted by molar-refractivity contribution is 0.294. The van der Waals surface area contributed by atoms with E-state index in [0.29, 0.717) is 0 Å². The van der Waals surface area contributed by atoms with Crippen molar-refractivity contribution in [3.63, 3.8) is 0 Å². The largest absolute Gasteiger partial charge is 0.389 e. The van der Waals surface area contributed by atoms with Gasteiger partial charge in [0, 0.05) is 5.54 Å². The van der Waals surface area contributed by atoms with Crippen molar-refractivity contribution in [1.82, 2.24) is 4.72 Å². The van der Waals surface area contributed by atoms with E-state index in [1.807, 2.05) is 6.92 Å². The van der Waals surface area contributed by atoms with E-state index in [-0.39, 0.29) is 15.4 Å². The molecule has 0 bridgehead atoms. The van der Waals surface area contributed by atoms with Gasteiger partial charge in [0.1, 0.15) is 10.8 Å². The fraction of sp³-hybridized carbons (Fsp3) is 0.500. The third-order valence-electron chi connectivity index (χ3n) is 3.85. The lowest BCUT2D eigenvalue weighted by Crippen LogP contribution is -2.47. The van der Waals surface area contributed by atoms with Crippen molar-refractivity contribution >= 4 is 27.2 Å². The molecule has 0 aliphatic heterocycles. The second kappa shape index (κ2) is 5.98. The molecule has 0 radical (unpaired) electrons. The topological polar surface area (TPSA) is 72.2 Å². The summed E-state index contributed by atoms with van der Waals surface area (Å²) in [4.78, 5) is -0.455. The van der Waals surface area contributed by atoms with Gasteiger partial charge < -0.3 is 5.73 Å². The van der Waals surface area contributed by atoms with E-state index in [9.17, 15) is 12.8 Å². The van der Waals surface area contributed by atoms with E-state index >= 15 is 0 Å². The van der Waals surface area contributed by atoms with Crippen LogP contribution < -0.4 is 10.5 Å². The number of nitrogens with two attached hydrogens (primary N) is 1. The van der Waals surface area contributed by atoms with E-state index in [0.717, 1.165) is 38.2 Å². The highest BCUT2D eigenvalue weighted by atomic mass is 32.2. The van der Waals surface area contributed by atoms with Crippen LogP contribution in [0.15, 0.2) is 23.1 Å². The molecule has 0 saturated heterocycles. The van der Waals surface area contributed by atoms with Gasteiger partial charge in [-0.15, -0.1) is 0 Å². The molecule has 1 aliphatic carbocycles. The van der Waals surface area contributed by atoms with Crippen molar-refractivity contribution in [2.24, 2.45) is 5.73 Å². The highest BCUT2D eigenvalue weighted by Gasteiger charge is 2.33. The maximum atomic E-state index is 13.8. The number of thiocarbonyl (C=S) groups is 1. The lowest BCUT2D eigenvalue weighted by Gasteiger charge is -2.34. The molecule has 116 valence electrons. The molecule has 7 heteroatoms. The Bertz CT molecular complexity index is 653. The molecule has 0 amide bonds. The molecule has 0 aromatic heterocycles. The van der Waals surface area contributed by atoms with Crippen molar-refractivity contribution in [2.45, 2.75) is 49.5 Å². The fourth-order valence-electron chi connectivity index (χ4n) is 2.78. The van der Waals surface area contributed by atoms with Gasteiger partial charge in [0.25, 0.3) is 0 Å². The monoisotopic (exact) mass is 330 g/mol. The number of hydrogen-bond acceptors (Lipinski definition) is 3. The average Bonchev–Trinajstić information content (AvgIpc) is 2.37. The van der Waals surface area contributed by atoms with Crippen molar-refractivity contribution in [2.75, 3.05) is 0 Å². The summed E-state index contributed by atoms with van der Waals surface area (Å²) in [5, 5.41) is 0. The molecule has 1 aromatic rings. The van der Waals surface area contributed by atoms with E-state index in [2.05, 4.69) is 4.72 Å².